The lowest BCUT2D eigenvalue weighted by molar-refractivity contribution is 0.464. The average Bonchev–Trinajstić information content (AvgIpc) is 2.84. The Bertz CT molecular complexity index is 442. The van der Waals surface area contributed by atoms with E-state index in [0.29, 0.717) is 12.3 Å². The van der Waals surface area contributed by atoms with Crippen LogP contribution in [0, 0.1) is 0 Å². The highest BCUT2D eigenvalue weighted by Crippen LogP contribution is 2.14. The number of aromatic nitrogens is 3. The van der Waals surface area contributed by atoms with Gasteiger partial charge < -0.3 is 10.4 Å². The van der Waals surface area contributed by atoms with Crippen LogP contribution in [0.1, 0.15) is 17.8 Å². The van der Waals surface area contributed by atoms with E-state index in [1.165, 1.54) is 6.33 Å². The Morgan fingerprint density at radius 1 is 1.29 bits per heavy atom. The van der Waals surface area contributed by atoms with E-state index in [4.69, 9.17) is 0 Å². The Kier molecular flexibility index (Phi) is 4.10. The van der Waals surface area contributed by atoms with Crippen LogP contribution in [0.25, 0.3) is 0 Å². The first-order valence-corrected chi connectivity index (χ1v) is 5.68. The fourth-order valence-corrected chi connectivity index (χ4v) is 1.62. The van der Waals surface area contributed by atoms with Crippen LogP contribution in [0.4, 0.5) is 0 Å². The van der Waals surface area contributed by atoms with E-state index < -0.39 is 0 Å². The zero-order valence-electron chi connectivity index (χ0n) is 9.56. The molecule has 0 aliphatic rings. The van der Waals surface area contributed by atoms with Crippen LogP contribution < -0.4 is 5.32 Å². The van der Waals surface area contributed by atoms with Gasteiger partial charge in [0.1, 0.15) is 17.9 Å². The number of aromatic amines is 1. The van der Waals surface area contributed by atoms with Crippen LogP contribution in [0.5, 0.6) is 5.75 Å². The number of para-hydroxylation sites is 1. The van der Waals surface area contributed by atoms with E-state index in [2.05, 4.69) is 20.5 Å². The average molecular weight is 232 g/mol. The molecule has 0 saturated heterocycles. The molecule has 5 nitrogen and oxygen atoms in total. The number of hydrogen-bond donors (Lipinski definition) is 3. The van der Waals surface area contributed by atoms with E-state index in [1.54, 1.807) is 6.07 Å². The summed E-state index contributed by atoms with van der Waals surface area (Å²) in [6.45, 7) is 1.57. The molecule has 2 aromatic rings. The smallest absolute Gasteiger partial charge is 0.137 e. The molecule has 90 valence electrons. The SMILES string of the molecule is Oc1ccccc1CNCCCc1ncn[nH]1. The fourth-order valence-electron chi connectivity index (χ4n) is 1.62. The number of aromatic hydroxyl groups is 1. The van der Waals surface area contributed by atoms with Crippen molar-refractivity contribution < 1.29 is 5.11 Å². The summed E-state index contributed by atoms with van der Waals surface area (Å²) in [5.74, 6) is 1.25. The van der Waals surface area contributed by atoms with Gasteiger partial charge in [-0.3, -0.25) is 5.10 Å². The summed E-state index contributed by atoms with van der Waals surface area (Å²) in [7, 11) is 0. The van der Waals surface area contributed by atoms with Gasteiger partial charge in [0.05, 0.1) is 0 Å². The summed E-state index contributed by atoms with van der Waals surface area (Å²) in [6.07, 6.45) is 3.39. The predicted molar refractivity (Wildman–Crippen MR) is 64.5 cm³/mol. The van der Waals surface area contributed by atoms with Crippen molar-refractivity contribution in [2.45, 2.75) is 19.4 Å². The molecule has 0 amide bonds. The van der Waals surface area contributed by atoms with Crippen LogP contribution in [0.15, 0.2) is 30.6 Å². The van der Waals surface area contributed by atoms with Crippen molar-refractivity contribution in [2.24, 2.45) is 0 Å². The maximum Gasteiger partial charge on any atom is 0.137 e. The van der Waals surface area contributed by atoms with Crippen molar-refractivity contribution in [3.05, 3.63) is 42.0 Å². The standard InChI is InChI=1S/C12H16N4O/c17-11-5-2-1-4-10(11)8-13-7-3-6-12-14-9-15-16-12/h1-2,4-5,9,13,17H,3,6-8H2,(H,14,15,16). The molecule has 0 saturated carbocycles. The summed E-state index contributed by atoms with van der Waals surface area (Å²) in [6, 6.07) is 7.36. The lowest BCUT2D eigenvalue weighted by atomic mass is 10.2. The molecule has 3 N–H and O–H groups in total. The lowest BCUT2D eigenvalue weighted by Crippen LogP contribution is -2.15. The van der Waals surface area contributed by atoms with Crippen LogP contribution >= 0.6 is 0 Å². The number of rotatable bonds is 6. The molecular weight excluding hydrogens is 216 g/mol. The topological polar surface area (TPSA) is 73.8 Å². The molecule has 0 aliphatic carbocycles. The van der Waals surface area contributed by atoms with Gasteiger partial charge in [-0.15, -0.1) is 0 Å². The first-order chi connectivity index (χ1) is 8.36. The van der Waals surface area contributed by atoms with E-state index in [0.717, 1.165) is 30.8 Å². The molecule has 2 rings (SSSR count). The number of phenols is 1. The van der Waals surface area contributed by atoms with Crippen LogP contribution in [0.3, 0.4) is 0 Å². The highest BCUT2D eigenvalue weighted by molar-refractivity contribution is 5.31. The zero-order valence-corrected chi connectivity index (χ0v) is 9.56. The molecule has 0 fully saturated rings. The molecule has 0 aliphatic heterocycles. The summed E-state index contributed by atoms with van der Waals surface area (Å²) in [5.41, 5.74) is 0.923. The first-order valence-electron chi connectivity index (χ1n) is 5.68. The summed E-state index contributed by atoms with van der Waals surface area (Å²) >= 11 is 0. The molecule has 0 atom stereocenters. The second-order valence-corrected chi connectivity index (χ2v) is 3.84. The number of benzene rings is 1. The highest BCUT2D eigenvalue weighted by atomic mass is 16.3. The second-order valence-electron chi connectivity index (χ2n) is 3.84. The molecule has 1 aromatic carbocycles. The number of hydrogen-bond acceptors (Lipinski definition) is 4. The molecular formula is C12H16N4O. The van der Waals surface area contributed by atoms with Crippen molar-refractivity contribution in [1.82, 2.24) is 20.5 Å². The third-order valence-electron chi connectivity index (χ3n) is 2.54. The number of H-pyrrole nitrogens is 1. The monoisotopic (exact) mass is 232 g/mol. The number of aryl methyl sites for hydroxylation is 1. The van der Waals surface area contributed by atoms with Crippen molar-refractivity contribution in [3.8, 4) is 5.75 Å². The Morgan fingerprint density at radius 2 is 2.18 bits per heavy atom. The van der Waals surface area contributed by atoms with Gasteiger partial charge in [-0.2, -0.15) is 5.10 Å². The van der Waals surface area contributed by atoms with Gasteiger partial charge in [0.2, 0.25) is 0 Å². The van der Waals surface area contributed by atoms with Crippen molar-refractivity contribution in [3.63, 3.8) is 0 Å². The Morgan fingerprint density at radius 3 is 2.94 bits per heavy atom. The number of nitrogens with zero attached hydrogens (tertiary/aromatic N) is 2. The molecule has 0 spiro atoms. The lowest BCUT2D eigenvalue weighted by Gasteiger charge is -2.05. The molecule has 17 heavy (non-hydrogen) atoms. The minimum atomic E-state index is 0.343. The third kappa shape index (κ3) is 3.57. The minimum Gasteiger partial charge on any atom is -0.508 e. The number of nitrogens with one attached hydrogen (secondary N) is 2. The largest absolute Gasteiger partial charge is 0.508 e. The molecule has 1 aromatic heterocycles. The van der Waals surface area contributed by atoms with Crippen LogP contribution in [-0.4, -0.2) is 26.8 Å². The molecule has 0 bridgehead atoms. The minimum absolute atomic E-state index is 0.343. The quantitative estimate of drug-likeness (QED) is 0.655. The zero-order chi connectivity index (χ0) is 11.9. The third-order valence-corrected chi connectivity index (χ3v) is 2.54. The predicted octanol–water partition coefficient (Wildman–Crippen LogP) is 1.23. The molecule has 0 radical (unpaired) electrons. The molecule has 0 unspecified atom stereocenters. The molecule has 5 heteroatoms. The van der Waals surface area contributed by atoms with E-state index in [1.807, 2.05) is 18.2 Å². The highest BCUT2D eigenvalue weighted by Gasteiger charge is 1.99. The summed E-state index contributed by atoms with van der Waals surface area (Å²) < 4.78 is 0. The van der Waals surface area contributed by atoms with Gasteiger partial charge >= 0.3 is 0 Å². The van der Waals surface area contributed by atoms with Gasteiger partial charge in [0.25, 0.3) is 0 Å². The second kappa shape index (κ2) is 6.00. The first kappa shape index (κ1) is 11.6. The molecule has 1 heterocycles. The van der Waals surface area contributed by atoms with Crippen LogP contribution in [-0.2, 0) is 13.0 Å². The van der Waals surface area contributed by atoms with Crippen molar-refractivity contribution in [1.29, 1.82) is 0 Å². The van der Waals surface area contributed by atoms with Crippen molar-refractivity contribution in [2.75, 3.05) is 6.54 Å². The van der Waals surface area contributed by atoms with Crippen molar-refractivity contribution >= 4 is 0 Å². The van der Waals surface area contributed by atoms with E-state index >= 15 is 0 Å². The number of phenolic OH excluding ortho intramolecular Hbond substituents is 1. The van der Waals surface area contributed by atoms with Gasteiger partial charge in [0.15, 0.2) is 0 Å². The van der Waals surface area contributed by atoms with E-state index in [-0.39, 0.29) is 0 Å². The maximum atomic E-state index is 9.55. The Balaban J connectivity index is 1.65. The van der Waals surface area contributed by atoms with Gasteiger partial charge in [-0.1, -0.05) is 18.2 Å². The van der Waals surface area contributed by atoms with Crippen LogP contribution in [0.2, 0.25) is 0 Å². The van der Waals surface area contributed by atoms with Gasteiger partial charge in [-0.25, -0.2) is 4.98 Å². The normalized spacial score (nSPS) is 10.6. The fraction of sp³-hybridized carbons (Fsp3) is 0.333. The Labute approximate surface area is 99.9 Å². The van der Waals surface area contributed by atoms with E-state index in [9.17, 15) is 5.11 Å². The maximum absolute atomic E-state index is 9.55. The Hall–Kier alpha value is -1.88. The van der Waals surface area contributed by atoms with Gasteiger partial charge in [-0.05, 0) is 19.0 Å². The summed E-state index contributed by atoms with van der Waals surface area (Å²) in [5, 5.41) is 19.5. The van der Waals surface area contributed by atoms with Gasteiger partial charge in [0, 0.05) is 18.5 Å². The summed E-state index contributed by atoms with van der Waals surface area (Å²) in [4.78, 5) is 4.05.